The van der Waals surface area contributed by atoms with E-state index < -0.39 is 5.60 Å². The molecule has 4 aromatic rings. The van der Waals surface area contributed by atoms with Gasteiger partial charge in [-0.3, -0.25) is 14.9 Å². The Kier molecular flexibility index (Phi) is 5.43. The molecule has 5 rings (SSSR count). The number of benzene rings is 1. The lowest BCUT2D eigenvalue weighted by Gasteiger charge is -2.24. The van der Waals surface area contributed by atoms with E-state index in [4.69, 9.17) is 27.9 Å². The Morgan fingerprint density at radius 2 is 2.12 bits per heavy atom. The number of carbonyl (C=O) groups excluding carboxylic acids is 1. The molecule has 9 heteroatoms. The molecule has 0 spiro atoms. The molecule has 0 aliphatic carbocycles. The summed E-state index contributed by atoms with van der Waals surface area (Å²) in [5.74, 6) is 0.382. The first kappa shape index (κ1) is 21.9. The molecule has 2 N–H and O–H groups in total. The highest BCUT2D eigenvalue weighted by molar-refractivity contribution is 6.32. The van der Waals surface area contributed by atoms with Crippen molar-refractivity contribution in [3.63, 3.8) is 0 Å². The van der Waals surface area contributed by atoms with E-state index in [0.29, 0.717) is 52.0 Å². The Morgan fingerprint density at radius 1 is 1.30 bits per heavy atom. The number of pyridine rings is 1. The van der Waals surface area contributed by atoms with Crippen LogP contribution in [-0.4, -0.2) is 42.8 Å². The molecule has 1 aliphatic rings. The van der Waals surface area contributed by atoms with Gasteiger partial charge >= 0.3 is 0 Å². The van der Waals surface area contributed by atoms with Crippen molar-refractivity contribution in [1.29, 1.82) is 0 Å². The lowest BCUT2D eigenvalue weighted by Crippen LogP contribution is -2.28. The van der Waals surface area contributed by atoms with Crippen LogP contribution in [0.3, 0.4) is 0 Å². The summed E-state index contributed by atoms with van der Waals surface area (Å²) in [6.45, 7) is 4.05. The molecule has 0 amide bonds. The van der Waals surface area contributed by atoms with Gasteiger partial charge in [0.1, 0.15) is 10.9 Å². The number of aliphatic hydroxyl groups is 1. The van der Waals surface area contributed by atoms with Crippen LogP contribution in [-0.2, 0) is 13.0 Å². The number of carbonyl (C=O) groups is 1. The normalized spacial score (nSPS) is 16.0. The van der Waals surface area contributed by atoms with E-state index >= 15 is 0 Å². The second kappa shape index (κ2) is 8.17. The van der Waals surface area contributed by atoms with Crippen molar-refractivity contribution in [2.24, 2.45) is 5.92 Å². The van der Waals surface area contributed by atoms with Crippen molar-refractivity contribution in [3.05, 3.63) is 64.2 Å². The first-order valence-electron chi connectivity index (χ1n) is 10.6. The lowest BCUT2D eigenvalue weighted by molar-refractivity contribution is 0.0626. The van der Waals surface area contributed by atoms with Crippen molar-refractivity contribution < 1.29 is 14.6 Å². The Balaban J connectivity index is 1.56. The van der Waals surface area contributed by atoms with Gasteiger partial charge in [0, 0.05) is 28.4 Å². The van der Waals surface area contributed by atoms with Gasteiger partial charge in [-0.25, -0.2) is 0 Å². The van der Waals surface area contributed by atoms with Crippen LogP contribution in [0, 0.1) is 5.92 Å². The Labute approximate surface area is 200 Å². The molecule has 1 aromatic carbocycles. The number of Topliss-reactive ketones (excluding diaryl/α,β-unsaturated/α-hetero) is 1. The predicted octanol–water partition coefficient (Wildman–Crippen LogP) is 4.94. The van der Waals surface area contributed by atoms with E-state index in [0.717, 1.165) is 16.8 Å². The minimum atomic E-state index is -0.980. The van der Waals surface area contributed by atoms with E-state index in [-0.39, 0.29) is 11.7 Å². The largest absolute Gasteiger partial charge is 0.493 e. The van der Waals surface area contributed by atoms with Crippen LogP contribution in [0.25, 0.3) is 22.2 Å². The van der Waals surface area contributed by atoms with Crippen LogP contribution in [0.15, 0.2) is 42.9 Å². The molecule has 170 valence electrons. The summed E-state index contributed by atoms with van der Waals surface area (Å²) in [6, 6.07) is 7.32. The number of hydrogen-bond donors (Lipinski definition) is 2. The number of hydrogen-bond acceptors (Lipinski definition) is 5. The van der Waals surface area contributed by atoms with E-state index in [1.54, 1.807) is 38.5 Å². The van der Waals surface area contributed by atoms with Gasteiger partial charge in [-0.1, -0.05) is 23.2 Å². The van der Waals surface area contributed by atoms with Crippen LogP contribution >= 0.6 is 23.2 Å². The van der Waals surface area contributed by atoms with E-state index in [9.17, 15) is 9.90 Å². The number of H-pyrrole nitrogens is 1. The quantitative estimate of drug-likeness (QED) is 0.391. The molecule has 0 unspecified atom stereocenters. The van der Waals surface area contributed by atoms with Gasteiger partial charge in [-0.2, -0.15) is 5.10 Å². The average Bonchev–Trinajstić information content (AvgIpc) is 3.34. The molecule has 0 saturated carbocycles. The molecule has 0 fully saturated rings. The number of ether oxygens (including phenoxy) is 1. The van der Waals surface area contributed by atoms with Gasteiger partial charge in [-0.05, 0) is 50.1 Å². The zero-order valence-electron chi connectivity index (χ0n) is 18.1. The third-order valence-corrected chi connectivity index (χ3v) is 6.28. The summed E-state index contributed by atoms with van der Waals surface area (Å²) in [4.78, 5) is 18.1. The van der Waals surface area contributed by atoms with Crippen LogP contribution in [0.5, 0.6) is 5.75 Å². The molecule has 0 bridgehead atoms. The highest BCUT2D eigenvalue weighted by Gasteiger charge is 2.30. The number of halogens is 2. The number of ketones is 1. The van der Waals surface area contributed by atoms with Crippen molar-refractivity contribution in [3.8, 4) is 17.0 Å². The number of nitrogens with one attached hydrogen (secondary N) is 1. The Morgan fingerprint density at radius 3 is 2.85 bits per heavy atom. The van der Waals surface area contributed by atoms with Crippen molar-refractivity contribution >= 4 is 39.9 Å². The van der Waals surface area contributed by atoms with E-state index in [1.165, 1.54) is 0 Å². The van der Waals surface area contributed by atoms with Crippen molar-refractivity contribution in [2.75, 3.05) is 6.61 Å². The van der Waals surface area contributed by atoms with Crippen LogP contribution in [0.4, 0.5) is 0 Å². The number of aromatic amines is 1. The summed E-state index contributed by atoms with van der Waals surface area (Å²) in [5, 5.41) is 18.8. The van der Waals surface area contributed by atoms with Gasteiger partial charge in [-0.15, -0.1) is 0 Å². The summed E-state index contributed by atoms with van der Waals surface area (Å²) >= 11 is 12.3. The highest BCUT2D eigenvalue weighted by Crippen LogP contribution is 2.34. The molecule has 33 heavy (non-hydrogen) atoms. The Bertz CT molecular complexity index is 1370. The van der Waals surface area contributed by atoms with Crippen molar-refractivity contribution in [2.45, 2.75) is 32.4 Å². The van der Waals surface area contributed by atoms with Gasteiger partial charge in [0.25, 0.3) is 0 Å². The number of aromatic nitrogens is 4. The topological polar surface area (TPSA) is 93.0 Å². The zero-order chi connectivity index (χ0) is 23.3. The van der Waals surface area contributed by atoms with Crippen LogP contribution in [0.2, 0.25) is 10.2 Å². The first-order valence-corrected chi connectivity index (χ1v) is 11.3. The van der Waals surface area contributed by atoms with Gasteiger partial charge < -0.3 is 14.4 Å². The third-order valence-electron chi connectivity index (χ3n) is 5.76. The predicted molar refractivity (Wildman–Crippen MR) is 127 cm³/mol. The summed E-state index contributed by atoms with van der Waals surface area (Å²) < 4.78 is 7.73. The molecule has 3 aromatic heterocycles. The highest BCUT2D eigenvalue weighted by atomic mass is 35.5. The van der Waals surface area contributed by atoms with Gasteiger partial charge in [0.2, 0.25) is 0 Å². The maximum Gasteiger partial charge on any atom is 0.171 e. The van der Waals surface area contributed by atoms with Gasteiger partial charge in [0.05, 0.1) is 47.6 Å². The monoisotopic (exact) mass is 484 g/mol. The minimum absolute atomic E-state index is 0.0315. The van der Waals surface area contributed by atoms with Crippen LogP contribution < -0.4 is 4.74 Å². The number of fused-ring (bicyclic) bond motifs is 2. The molecule has 0 saturated heterocycles. The fourth-order valence-electron chi connectivity index (χ4n) is 4.28. The van der Waals surface area contributed by atoms with E-state index in [1.807, 2.05) is 22.8 Å². The summed E-state index contributed by atoms with van der Waals surface area (Å²) in [7, 11) is 0. The minimum Gasteiger partial charge on any atom is -0.493 e. The van der Waals surface area contributed by atoms with Crippen molar-refractivity contribution in [1.82, 2.24) is 19.7 Å². The molecule has 4 heterocycles. The standard InChI is InChI=1S/C24H22Cl2N4O3/c1-24(2,32)12-30-10-18(16-8-27-19(7-20(16)30)17-9-28-29-23(17)26)22(31)14-5-13-6-15(25)3-4-21(13)33-11-14/h3-4,6-10,14,32H,5,11-12H2,1-2H3,(H,28,29)/t14-/m0/s1. The molecular formula is C24H22Cl2N4O3. The Hall–Kier alpha value is -2.87. The fraction of sp³-hybridized carbons (Fsp3) is 0.292. The zero-order valence-corrected chi connectivity index (χ0v) is 19.6. The number of rotatable bonds is 5. The van der Waals surface area contributed by atoms with Crippen LogP contribution in [0.1, 0.15) is 29.8 Å². The maximum absolute atomic E-state index is 13.6. The second-order valence-electron chi connectivity index (χ2n) is 9.00. The molecular weight excluding hydrogens is 463 g/mol. The first-order chi connectivity index (χ1) is 15.7. The summed E-state index contributed by atoms with van der Waals surface area (Å²) in [6.07, 6.45) is 5.62. The number of nitrogens with zero attached hydrogens (tertiary/aromatic N) is 3. The summed E-state index contributed by atoms with van der Waals surface area (Å²) in [5.41, 5.74) is 2.56. The molecule has 1 aliphatic heterocycles. The average molecular weight is 485 g/mol. The van der Waals surface area contributed by atoms with Gasteiger partial charge in [0.15, 0.2) is 5.78 Å². The molecule has 7 nitrogen and oxygen atoms in total. The fourth-order valence-corrected chi connectivity index (χ4v) is 4.67. The molecule has 1 atom stereocenters. The van der Waals surface area contributed by atoms with E-state index in [2.05, 4.69) is 15.2 Å². The SMILES string of the molecule is CC(C)(O)Cn1cc(C(=O)[C@@H]2COc3ccc(Cl)cc3C2)c2cnc(-c3cn[nH]c3Cl)cc21. The smallest absolute Gasteiger partial charge is 0.171 e. The lowest BCUT2D eigenvalue weighted by atomic mass is 9.90. The molecule has 0 radical (unpaired) electrons. The second-order valence-corrected chi connectivity index (χ2v) is 9.81. The maximum atomic E-state index is 13.6. The third kappa shape index (κ3) is 4.24.